The lowest BCUT2D eigenvalue weighted by atomic mass is 9.86. The second-order valence-corrected chi connectivity index (χ2v) is 9.30. The Kier molecular flexibility index (Phi) is 5.89. The van der Waals surface area contributed by atoms with Crippen molar-refractivity contribution in [2.45, 2.75) is 58.2 Å². The molecule has 2 aliphatic rings. The van der Waals surface area contributed by atoms with Crippen LogP contribution in [-0.4, -0.2) is 33.9 Å². The third-order valence-corrected chi connectivity index (χ3v) is 6.85. The van der Waals surface area contributed by atoms with Gasteiger partial charge in [0.1, 0.15) is 5.82 Å². The molecule has 0 unspecified atom stereocenters. The number of hydrogen-bond acceptors (Lipinski definition) is 5. The minimum Gasteiger partial charge on any atom is -0.381 e. The molecule has 3 aromatic rings. The van der Waals surface area contributed by atoms with E-state index in [1.54, 1.807) is 13.3 Å². The summed E-state index contributed by atoms with van der Waals surface area (Å²) in [6.45, 7) is 4.72. The number of rotatable bonds is 4. The Bertz CT molecular complexity index is 1150. The molecule has 0 bridgehead atoms. The number of methoxy groups -OCH3 is 1. The Morgan fingerprint density at radius 2 is 1.97 bits per heavy atom. The Morgan fingerprint density at radius 1 is 1.15 bits per heavy atom. The van der Waals surface area contributed by atoms with E-state index in [0.717, 1.165) is 59.6 Å². The highest BCUT2D eigenvalue weighted by Gasteiger charge is 2.33. The van der Waals surface area contributed by atoms with E-state index in [0.29, 0.717) is 12.6 Å². The van der Waals surface area contributed by atoms with E-state index >= 15 is 0 Å². The first-order valence-electron chi connectivity index (χ1n) is 11.8. The highest BCUT2D eigenvalue weighted by Crippen LogP contribution is 2.40. The Balaban J connectivity index is 1.53. The van der Waals surface area contributed by atoms with Crippen molar-refractivity contribution in [3.63, 3.8) is 0 Å². The van der Waals surface area contributed by atoms with Crippen LogP contribution in [0.4, 0.5) is 17.2 Å². The topological polar surface area (TPSA) is 72.3 Å². The number of fused-ring (bicyclic) bond motifs is 2. The van der Waals surface area contributed by atoms with Gasteiger partial charge in [0.05, 0.1) is 30.2 Å². The maximum absolute atomic E-state index is 13.8. The van der Waals surface area contributed by atoms with Gasteiger partial charge in [0.2, 0.25) is 5.91 Å². The molecule has 1 aliphatic carbocycles. The minimum atomic E-state index is 0.00909. The van der Waals surface area contributed by atoms with Gasteiger partial charge in [0.15, 0.2) is 0 Å². The zero-order chi connectivity index (χ0) is 22.9. The van der Waals surface area contributed by atoms with E-state index in [1.807, 2.05) is 34.0 Å². The second-order valence-electron chi connectivity index (χ2n) is 9.30. The van der Waals surface area contributed by atoms with Gasteiger partial charge in [-0.1, -0.05) is 12.1 Å². The van der Waals surface area contributed by atoms with E-state index in [1.165, 1.54) is 0 Å². The van der Waals surface area contributed by atoms with Gasteiger partial charge >= 0.3 is 0 Å². The second kappa shape index (κ2) is 8.98. The summed E-state index contributed by atoms with van der Waals surface area (Å²) in [5.74, 6) is 0.992. The molecule has 1 aliphatic heterocycles. The maximum atomic E-state index is 13.8. The van der Waals surface area contributed by atoms with Crippen LogP contribution in [0.2, 0.25) is 0 Å². The molecule has 3 heterocycles. The summed E-state index contributed by atoms with van der Waals surface area (Å²) in [4.78, 5) is 20.3. The number of aromatic nitrogens is 3. The monoisotopic (exact) mass is 445 g/mol. The first kappa shape index (κ1) is 21.6. The average Bonchev–Trinajstić information content (AvgIpc) is 3.28. The molecular weight excluding hydrogens is 414 g/mol. The molecule has 7 heteroatoms. The quantitative estimate of drug-likeness (QED) is 0.588. The lowest BCUT2D eigenvalue weighted by molar-refractivity contribution is -0.124. The summed E-state index contributed by atoms with van der Waals surface area (Å²) < 4.78 is 7.47. The van der Waals surface area contributed by atoms with Gasteiger partial charge in [-0.3, -0.25) is 9.48 Å². The molecule has 1 N–H and O–H groups in total. The van der Waals surface area contributed by atoms with Crippen molar-refractivity contribution in [3.8, 4) is 11.1 Å². The molecule has 2 aromatic heterocycles. The fraction of sp³-hybridized carbons (Fsp3) is 0.423. The molecular formula is C26H31N5O2. The number of hydrogen-bond donors (Lipinski definition) is 1. The predicted octanol–water partition coefficient (Wildman–Crippen LogP) is 5.32. The van der Waals surface area contributed by atoms with Crippen LogP contribution in [0, 0.1) is 5.92 Å². The molecule has 1 amide bonds. The summed E-state index contributed by atoms with van der Waals surface area (Å²) >= 11 is 0. The van der Waals surface area contributed by atoms with Gasteiger partial charge in [-0.2, -0.15) is 5.10 Å². The number of carbonyl (C=O) groups excluding carboxylic acids is 1. The molecule has 1 aromatic carbocycles. The maximum Gasteiger partial charge on any atom is 0.230 e. The van der Waals surface area contributed by atoms with E-state index in [4.69, 9.17) is 4.74 Å². The van der Waals surface area contributed by atoms with Gasteiger partial charge in [0, 0.05) is 42.6 Å². The number of amides is 1. The third kappa shape index (κ3) is 4.25. The number of nitrogens with one attached hydrogen (secondary N) is 1. The summed E-state index contributed by atoms with van der Waals surface area (Å²) in [7, 11) is 1.76. The number of ether oxygens (including phenoxy) is 1. The predicted molar refractivity (Wildman–Crippen MR) is 130 cm³/mol. The zero-order valence-electron chi connectivity index (χ0n) is 19.5. The molecule has 33 heavy (non-hydrogen) atoms. The van der Waals surface area contributed by atoms with Crippen LogP contribution in [0.15, 0.2) is 48.9 Å². The Morgan fingerprint density at radius 3 is 2.70 bits per heavy atom. The molecule has 7 nitrogen and oxygen atoms in total. The van der Waals surface area contributed by atoms with E-state index in [2.05, 4.69) is 47.6 Å². The van der Waals surface area contributed by atoms with Crippen molar-refractivity contribution < 1.29 is 9.53 Å². The Hall–Kier alpha value is -3.19. The van der Waals surface area contributed by atoms with Crippen LogP contribution in [0.3, 0.4) is 0 Å². The standard InChI is InChI=1S/C26H31N5O2/c1-17(2)31-16-21(14-28-31)19-8-11-23-24(13-19)30(15-20-5-4-12-27-25(20)29-23)26(32)18-6-9-22(33-3)10-7-18/h4-5,8,11-14,16-18,22H,6-7,9-10,15H2,1-3H3,(H,27,29). The van der Waals surface area contributed by atoms with Gasteiger partial charge in [-0.25, -0.2) is 4.98 Å². The van der Waals surface area contributed by atoms with E-state index in [9.17, 15) is 4.79 Å². The Labute approximate surface area is 194 Å². The largest absolute Gasteiger partial charge is 0.381 e. The average molecular weight is 446 g/mol. The zero-order valence-corrected chi connectivity index (χ0v) is 19.5. The normalized spacial score (nSPS) is 20.1. The summed E-state index contributed by atoms with van der Waals surface area (Å²) in [5, 5.41) is 7.96. The number of nitrogens with zero attached hydrogens (tertiary/aromatic N) is 4. The molecule has 1 fully saturated rings. The summed E-state index contributed by atoms with van der Waals surface area (Å²) in [6, 6.07) is 10.5. The summed E-state index contributed by atoms with van der Waals surface area (Å²) in [5.41, 5.74) is 4.89. The van der Waals surface area contributed by atoms with E-state index < -0.39 is 0 Å². The number of pyridine rings is 1. The van der Waals surface area contributed by atoms with Crippen LogP contribution >= 0.6 is 0 Å². The molecule has 0 spiro atoms. The van der Waals surface area contributed by atoms with Crippen LogP contribution in [-0.2, 0) is 16.1 Å². The number of benzene rings is 1. The fourth-order valence-electron chi connectivity index (χ4n) is 4.83. The fourth-order valence-corrected chi connectivity index (χ4v) is 4.83. The van der Waals surface area contributed by atoms with Gasteiger partial charge in [0.25, 0.3) is 0 Å². The molecule has 1 saturated carbocycles. The molecule has 0 saturated heterocycles. The van der Waals surface area contributed by atoms with Crippen molar-refractivity contribution in [2.75, 3.05) is 17.3 Å². The molecule has 5 rings (SSSR count). The van der Waals surface area contributed by atoms with Crippen LogP contribution in [0.25, 0.3) is 11.1 Å². The SMILES string of the molecule is COC1CCC(C(=O)N2Cc3cccnc3Nc3ccc(-c4cnn(C(C)C)c4)cc32)CC1. The number of anilines is 3. The highest BCUT2D eigenvalue weighted by atomic mass is 16.5. The first-order valence-corrected chi connectivity index (χ1v) is 11.8. The lowest BCUT2D eigenvalue weighted by Gasteiger charge is -2.32. The van der Waals surface area contributed by atoms with Crippen LogP contribution in [0.5, 0.6) is 0 Å². The lowest BCUT2D eigenvalue weighted by Crippen LogP contribution is -2.38. The van der Waals surface area contributed by atoms with E-state index in [-0.39, 0.29) is 17.9 Å². The van der Waals surface area contributed by atoms with Gasteiger partial charge in [-0.05, 0) is 63.3 Å². The van der Waals surface area contributed by atoms with Crippen molar-refractivity contribution in [2.24, 2.45) is 5.92 Å². The smallest absolute Gasteiger partial charge is 0.230 e. The third-order valence-electron chi connectivity index (χ3n) is 6.85. The van der Waals surface area contributed by atoms with Gasteiger partial charge < -0.3 is 15.0 Å². The first-order chi connectivity index (χ1) is 16.0. The van der Waals surface area contributed by atoms with Crippen molar-refractivity contribution in [1.82, 2.24) is 14.8 Å². The van der Waals surface area contributed by atoms with Crippen LogP contribution < -0.4 is 10.2 Å². The highest BCUT2D eigenvalue weighted by molar-refractivity contribution is 6.00. The molecule has 172 valence electrons. The summed E-state index contributed by atoms with van der Waals surface area (Å²) in [6.07, 6.45) is 9.57. The van der Waals surface area contributed by atoms with Crippen LogP contribution in [0.1, 0.15) is 51.1 Å². The minimum absolute atomic E-state index is 0.00909. The van der Waals surface area contributed by atoms with Crippen molar-refractivity contribution in [1.29, 1.82) is 0 Å². The van der Waals surface area contributed by atoms with Gasteiger partial charge in [-0.15, -0.1) is 0 Å². The molecule has 0 radical (unpaired) electrons. The number of carbonyl (C=O) groups is 1. The van der Waals surface area contributed by atoms with Crippen molar-refractivity contribution in [3.05, 3.63) is 54.5 Å². The molecule has 0 atom stereocenters. The van der Waals surface area contributed by atoms with Crippen molar-refractivity contribution >= 4 is 23.1 Å².